The Morgan fingerprint density at radius 3 is 2.78 bits per heavy atom. The lowest BCUT2D eigenvalue weighted by Gasteiger charge is -2.27. The van der Waals surface area contributed by atoms with Crippen molar-refractivity contribution in [2.45, 2.75) is 12.6 Å². The van der Waals surface area contributed by atoms with Gasteiger partial charge in [0, 0.05) is 28.5 Å². The first-order valence-corrected chi connectivity index (χ1v) is 7.56. The first-order valence-electron chi connectivity index (χ1n) is 5.89. The highest BCUT2D eigenvalue weighted by Crippen LogP contribution is 2.24. The summed E-state index contributed by atoms with van der Waals surface area (Å²) in [5.41, 5.74) is 7.19. The van der Waals surface area contributed by atoms with Gasteiger partial charge in [0.15, 0.2) is 0 Å². The molecule has 0 spiro atoms. The third kappa shape index (κ3) is 3.42. The van der Waals surface area contributed by atoms with Crippen molar-refractivity contribution in [3.8, 4) is 0 Å². The van der Waals surface area contributed by atoms with Crippen LogP contribution in [-0.2, 0) is 6.54 Å². The Morgan fingerprint density at radius 1 is 1.33 bits per heavy atom. The Balaban J connectivity index is 2.12. The topological polar surface area (TPSA) is 29.3 Å². The minimum Gasteiger partial charge on any atom is -0.329 e. The third-order valence-corrected chi connectivity index (χ3v) is 4.33. The molecule has 0 saturated carbocycles. The van der Waals surface area contributed by atoms with Crippen LogP contribution in [0.2, 0.25) is 0 Å². The number of rotatable bonds is 5. The quantitative estimate of drug-likeness (QED) is 0.909. The molecule has 0 aliphatic heterocycles. The van der Waals surface area contributed by atoms with Crippen molar-refractivity contribution in [1.82, 2.24) is 4.90 Å². The average Bonchev–Trinajstić information content (AvgIpc) is 2.83. The van der Waals surface area contributed by atoms with Gasteiger partial charge in [-0.2, -0.15) is 0 Å². The molecule has 2 nitrogen and oxygen atoms in total. The standard InChI is InChI=1S/C14H17BrN2S/c1-17(10-13-6-3-7-18-13)14(9-16)11-4-2-5-12(15)8-11/h2-8,14H,9-10,16H2,1H3. The van der Waals surface area contributed by atoms with Crippen LogP contribution < -0.4 is 5.73 Å². The zero-order chi connectivity index (χ0) is 13.0. The molecular formula is C14H17BrN2S. The van der Waals surface area contributed by atoms with E-state index in [2.05, 4.69) is 63.6 Å². The maximum Gasteiger partial charge on any atom is 0.0471 e. The largest absolute Gasteiger partial charge is 0.329 e. The molecule has 2 rings (SSSR count). The van der Waals surface area contributed by atoms with Crippen molar-refractivity contribution >= 4 is 27.3 Å². The third-order valence-electron chi connectivity index (χ3n) is 2.97. The minimum atomic E-state index is 0.254. The van der Waals surface area contributed by atoms with Crippen LogP contribution in [-0.4, -0.2) is 18.5 Å². The van der Waals surface area contributed by atoms with Crippen molar-refractivity contribution < 1.29 is 0 Å². The second-order valence-electron chi connectivity index (χ2n) is 4.30. The van der Waals surface area contributed by atoms with Gasteiger partial charge in [-0.1, -0.05) is 34.1 Å². The van der Waals surface area contributed by atoms with Crippen LogP contribution in [0.15, 0.2) is 46.3 Å². The number of thiophene rings is 1. The van der Waals surface area contributed by atoms with Crippen molar-refractivity contribution in [1.29, 1.82) is 0 Å². The summed E-state index contributed by atoms with van der Waals surface area (Å²) >= 11 is 5.30. The Kier molecular flexibility index (Phi) is 4.95. The number of halogens is 1. The van der Waals surface area contributed by atoms with E-state index in [1.165, 1.54) is 10.4 Å². The molecule has 1 unspecified atom stereocenters. The number of likely N-dealkylation sites (N-methyl/N-ethyl adjacent to an activating group) is 1. The zero-order valence-corrected chi connectivity index (χ0v) is 12.7. The molecule has 96 valence electrons. The first kappa shape index (κ1) is 13.7. The van der Waals surface area contributed by atoms with Crippen LogP contribution in [0.1, 0.15) is 16.5 Å². The maximum atomic E-state index is 5.93. The van der Waals surface area contributed by atoms with E-state index < -0.39 is 0 Å². The van der Waals surface area contributed by atoms with Gasteiger partial charge in [-0.15, -0.1) is 11.3 Å². The Morgan fingerprint density at radius 2 is 2.17 bits per heavy atom. The molecule has 0 saturated heterocycles. The monoisotopic (exact) mass is 324 g/mol. The lowest BCUT2D eigenvalue weighted by molar-refractivity contribution is 0.244. The van der Waals surface area contributed by atoms with Gasteiger partial charge in [-0.25, -0.2) is 0 Å². The van der Waals surface area contributed by atoms with E-state index in [9.17, 15) is 0 Å². The summed E-state index contributed by atoms with van der Waals surface area (Å²) in [7, 11) is 2.12. The van der Waals surface area contributed by atoms with Crippen molar-refractivity contribution in [3.05, 3.63) is 56.7 Å². The van der Waals surface area contributed by atoms with Crippen LogP contribution in [0.5, 0.6) is 0 Å². The van der Waals surface area contributed by atoms with E-state index in [0.29, 0.717) is 6.54 Å². The van der Waals surface area contributed by atoms with E-state index in [4.69, 9.17) is 5.73 Å². The number of nitrogens with zero attached hydrogens (tertiary/aromatic N) is 1. The van der Waals surface area contributed by atoms with Gasteiger partial charge in [-0.05, 0) is 36.2 Å². The minimum absolute atomic E-state index is 0.254. The van der Waals surface area contributed by atoms with Crippen LogP contribution in [0, 0.1) is 0 Å². The maximum absolute atomic E-state index is 5.93. The number of nitrogens with two attached hydrogens (primary N) is 1. The molecule has 0 bridgehead atoms. The first-order chi connectivity index (χ1) is 8.70. The van der Waals surface area contributed by atoms with Gasteiger partial charge < -0.3 is 5.73 Å². The highest BCUT2D eigenvalue weighted by atomic mass is 79.9. The predicted octanol–water partition coefficient (Wildman–Crippen LogP) is 3.64. The van der Waals surface area contributed by atoms with Gasteiger partial charge in [0.05, 0.1) is 0 Å². The Labute approximate surface area is 121 Å². The fraction of sp³-hybridized carbons (Fsp3) is 0.286. The Bertz CT molecular complexity index is 484. The molecule has 0 aliphatic carbocycles. The van der Waals surface area contributed by atoms with Gasteiger partial charge in [0.2, 0.25) is 0 Å². The molecule has 1 atom stereocenters. The van der Waals surface area contributed by atoms with Crippen LogP contribution in [0.25, 0.3) is 0 Å². The van der Waals surface area contributed by atoms with Crippen molar-refractivity contribution in [2.75, 3.05) is 13.6 Å². The summed E-state index contributed by atoms with van der Waals surface area (Å²) in [6.07, 6.45) is 0. The van der Waals surface area contributed by atoms with E-state index in [1.54, 1.807) is 11.3 Å². The van der Waals surface area contributed by atoms with Gasteiger partial charge in [0.25, 0.3) is 0 Å². The lowest BCUT2D eigenvalue weighted by Crippen LogP contribution is -2.29. The van der Waals surface area contributed by atoms with Crippen molar-refractivity contribution in [2.24, 2.45) is 5.73 Å². The highest BCUT2D eigenvalue weighted by molar-refractivity contribution is 9.10. The highest BCUT2D eigenvalue weighted by Gasteiger charge is 2.16. The fourth-order valence-electron chi connectivity index (χ4n) is 2.04. The molecule has 0 aliphatic rings. The second-order valence-corrected chi connectivity index (χ2v) is 6.25. The lowest BCUT2D eigenvalue weighted by atomic mass is 10.1. The summed E-state index contributed by atoms with van der Waals surface area (Å²) in [6.45, 7) is 1.56. The summed E-state index contributed by atoms with van der Waals surface area (Å²) in [4.78, 5) is 3.67. The fourth-order valence-corrected chi connectivity index (χ4v) is 3.23. The molecule has 2 N–H and O–H groups in total. The molecule has 0 radical (unpaired) electrons. The van der Waals surface area contributed by atoms with E-state index >= 15 is 0 Å². The molecule has 4 heteroatoms. The van der Waals surface area contributed by atoms with Crippen LogP contribution in [0.4, 0.5) is 0 Å². The van der Waals surface area contributed by atoms with E-state index in [-0.39, 0.29) is 6.04 Å². The Hall–Kier alpha value is -0.680. The molecule has 1 heterocycles. The predicted molar refractivity (Wildman–Crippen MR) is 81.7 cm³/mol. The molecule has 1 aromatic carbocycles. The van der Waals surface area contributed by atoms with E-state index in [1.807, 2.05) is 6.07 Å². The number of hydrogen-bond donors (Lipinski definition) is 1. The van der Waals surface area contributed by atoms with Gasteiger partial charge in [0.1, 0.15) is 0 Å². The molecule has 2 aromatic rings. The normalized spacial score (nSPS) is 12.9. The number of benzene rings is 1. The molecule has 18 heavy (non-hydrogen) atoms. The van der Waals surface area contributed by atoms with Crippen LogP contribution in [0.3, 0.4) is 0 Å². The second kappa shape index (κ2) is 6.48. The summed E-state index contributed by atoms with van der Waals surface area (Å²) in [5.74, 6) is 0. The van der Waals surface area contributed by atoms with Crippen molar-refractivity contribution in [3.63, 3.8) is 0 Å². The molecular weight excluding hydrogens is 308 g/mol. The summed E-state index contributed by atoms with van der Waals surface area (Å²) in [6, 6.07) is 12.9. The SMILES string of the molecule is CN(Cc1cccs1)C(CN)c1cccc(Br)c1. The van der Waals surface area contributed by atoms with Crippen LogP contribution >= 0.6 is 27.3 Å². The summed E-state index contributed by atoms with van der Waals surface area (Å²) in [5, 5.41) is 2.11. The molecule has 0 fully saturated rings. The zero-order valence-electron chi connectivity index (χ0n) is 10.3. The number of hydrogen-bond acceptors (Lipinski definition) is 3. The summed E-state index contributed by atoms with van der Waals surface area (Å²) < 4.78 is 1.10. The molecule has 0 amide bonds. The smallest absolute Gasteiger partial charge is 0.0471 e. The van der Waals surface area contributed by atoms with E-state index in [0.717, 1.165) is 11.0 Å². The average molecular weight is 325 g/mol. The van der Waals surface area contributed by atoms with Gasteiger partial charge in [-0.3, -0.25) is 4.90 Å². The molecule has 1 aromatic heterocycles. The van der Waals surface area contributed by atoms with Gasteiger partial charge >= 0.3 is 0 Å².